The van der Waals surface area contributed by atoms with Crippen LogP contribution in [-0.4, -0.2) is 25.8 Å². The Morgan fingerprint density at radius 3 is 2.70 bits per heavy atom. The lowest BCUT2D eigenvalue weighted by molar-refractivity contribution is 0.0968. The molecule has 0 unspecified atom stereocenters. The number of hydrogen-bond donors (Lipinski definition) is 3. The van der Waals surface area contributed by atoms with Crippen molar-refractivity contribution in [3.63, 3.8) is 0 Å². The molecule has 112 valence electrons. The van der Waals surface area contributed by atoms with E-state index in [0.29, 0.717) is 16.0 Å². The molecule has 0 spiro atoms. The molecule has 1 aliphatic rings. The molecule has 0 aromatic carbocycles. The topological polar surface area (TPSA) is 67.2 Å². The van der Waals surface area contributed by atoms with E-state index in [-0.39, 0.29) is 5.91 Å². The van der Waals surface area contributed by atoms with Gasteiger partial charge >= 0.3 is 0 Å². The Hall–Kier alpha value is -0.880. The molecule has 2 rings (SSSR count). The van der Waals surface area contributed by atoms with Gasteiger partial charge in [-0.05, 0) is 30.9 Å². The lowest BCUT2D eigenvalue weighted by Crippen LogP contribution is -2.17. The fraction of sp³-hybridized carbons (Fsp3) is 0.643. The Labute approximate surface area is 128 Å². The number of carbonyl (C=O) groups excluding carboxylic acids is 1. The zero-order valence-corrected chi connectivity index (χ0v) is 14.0. The van der Waals surface area contributed by atoms with E-state index in [2.05, 4.69) is 17.6 Å². The van der Waals surface area contributed by atoms with Gasteiger partial charge in [0.15, 0.2) is 0 Å². The summed E-state index contributed by atoms with van der Waals surface area (Å²) in [7, 11) is 1.63. The van der Waals surface area contributed by atoms with E-state index in [1.807, 2.05) is 6.26 Å². The average Bonchev–Trinajstić information content (AvgIpc) is 3.13. The number of nitrogens with two attached hydrogens (primary N) is 1. The van der Waals surface area contributed by atoms with E-state index in [1.165, 1.54) is 37.0 Å². The first-order chi connectivity index (χ1) is 9.56. The van der Waals surface area contributed by atoms with Crippen molar-refractivity contribution in [1.82, 2.24) is 5.32 Å². The smallest absolute Gasteiger partial charge is 0.263 e. The van der Waals surface area contributed by atoms with Crippen molar-refractivity contribution >= 4 is 39.7 Å². The highest BCUT2D eigenvalue weighted by molar-refractivity contribution is 7.99. The summed E-state index contributed by atoms with van der Waals surface area (Å²) < 4.78 is 0. The molecule has 0 bridgehead atoms. The molecule has 1 aromatic rings. The van der Waals surface area contributed by atoms with E-state index in [0.717, 1.165) is 16.4 Å². The van der Waals surface area contributed by atoms with Gasteiger partial charge in [0.1, 0.15) is 9.88 Å². The zero-order chi connectivity index (χ0) is 14.8. The minimum Gasteiger partial charge on any atom is -0.396 e. The Morgan fingerprint density at radius 2 is 2.20 bits per heavy atom. The summed E-state index contributed by atoms with van der Waals surface area (Å²) in [6.07, 6.45) is 7.12. The fourth-order valence-corrected chi connectivity index (χ4v) is 4.50. The van der Waals surface area contributed by atoms with Crippen LogP contribution in [0.5, 0.6) is 0 Å². The van der Waals surface area contributed by atoms with Crippen LogP contribution in [0.15, 0.2) is 4.90 Å². The van der Waals surface area contributed by atoms with Crippen molar-refractivity contribution < 1.29 is 4.79 Å². The SMILES string of the molecule is CCCC1(CNc2sc(C(=O)NC)c(N)c2SC)CC1. The number of thioether (sulfide) groups is 1. The molecule has 4 N–H and O–H groups in total. The summed E-state index contributed by atoms with van der Waals surface area (Å²) in [6, 6.07) is 0. The minimum atomic E-state index is -0.106. The monoisotopic (exact) mass is 313 g/mol. The minimum absolute atomic E-state index is 0.106. The van der Waals surface area contributed by atoms with Gasteiger partial charge < -0.3 is 16.4 Å². The molecule has 1 aromatic heterocycles. The highest BCUT2D eigenvalue weighted by Gasteiger charge is 2.41. The van der Waals surface area contributed by atoms with Crippen LogP contribution in [0.25, 0.3) is 0 Å². The normalized spacial score (nSPS) is 15.9. The third-order valence-electron chi connectivity index (χ3n) is 3.90. The van der Waals surface area contributed by atoms with Crippen molar-refractivity contribution in [3.8, 4) is 0 Å². The number of anilines is 2. The van der Waals surface area contributed by atoms with Gasteiger partial charge in [0.05, 0.1) is 10.6 Å². The highest BCUT2D eigenvalue weighted by atomic mass is 32.2. The third kappa shape index (κ3) is 3.06. The Kier molecular flexibility index (Phi) is 4.86. The van der Waals surface area contributed by atoms with Crippen LogP contribution in [0, 0.1) is 5.41 Å². The number of thiophene rings is 1. The van der Waals surface area contributed by atoms with Crippen molar-refractivity contribution in [2.75, 3.05) is 30.9 Å². The molecular weight excluding hydrogens is 290 g/mol. The first kappa shape index (κ1) is 15.5. The Morgan fingerprint density at radius 1 is 1.50 bits per heavy atom. The molecule has 0 radical (unpaired) electrons. The number of carbonyl (C=O) groups is 1. The maximum atomic E-state index is 11.8. The van der Waals surface area contributed by atoms with Crippen LogP contribution >= 0.6 is 23.1 Å². The van der Waals surface area contributed by atoms with Crippen molar-refractivity contribution in [2.45, 2.75) is 37.5 Å². The van der Waals surface area contributed by atoms with Crippen LogP contribution < -0.4 is 16.4 Å². The summed E-state index contributed by atoms with van der Waals surface area (Å²) in [4.78, 5) is 13.4. The molecule has 0 atom stereocenters. The van der Waals surface area contributed by atoms with Crippen LogP contribution in [0.2, 0.25) is 0 Å². The number of hydrogen-bond acceptors (Lipinski definition) is 5. The van der Waals surface area contributed by atoms with Crippen LogP contribution in [0.1, 0.15) is 42.3 Å². The predicted molar refractivity (Wildman–Crippen MR) is 89.0 cm³/mol. The summed E-state index contributed by atoms with van der Waals surface area (Å²) in [5, 5.41) is 7.21. The molecule has 1 saturated carbocycles. The zero-order valence-electron chi connectivity index (χ0n) is 12.3. The molecule has 1 amide bonds. The second-order valence-electron chi connectivity index (χ2n) is 5.39. The lowest BCUT2D eigenvalue weighted by Gasteiger charge is -2.15. The molecule has 0 aliphatic heterocycles. The standard InChI is InChI=1S/C14H23N3OS2/c1-4-5-14(6-7-14)8-17-13-11(19-3)9(15)10(20-13)12(18)16-2/h17H,4-8,15H2,1-3H3,(H,16,18). The molecule has 0 saturated heterocycles. The summed E-state index contributed by atoms with van der Waals surface area (Å²) in [5.41, 5.74) is 7.18. The molecule has 1 heterocycles. The molecular formula is C14H23N3OS2. The molecule has 4 nitrogen and oxygen atoms in total. The second-order valence-corrected chi connectivity index (χ2v) is 7.23. The average molecular weight is 313 g/mol. The van der Waals surface area contributed by atoms with Gasteiger partial charge in [0.2, 0.25) is 0 Å². The van der Waals surface area contributed by atoms with Gasteiger partial charge in [-0.25, -0.2) is 0 Å². The maximum absolute atomic E-state index is 11.8. The van der Waals surface area contributed by atoms with Crippen molar-refractivity contribution in [1.29, 1.82) is 0 Å². The van der Waals surface area contributed by atoms with Crippen molar-refractivity contribution in [2.24, 2.45) is 5.41 Å². The summed E-state index contributed by atoms with van der Waals surface area (Å²) >= 11 is 3.06. The van der Waals surface area contributed by atoms with E-state index in [1.54, 1.807) is 18.8 Å². The Bertz CT molecular complexity index is 495. The molecule has 6 heteroatoms. The number of rotatable bonds is 7. The highest BCUT2D eigenvalue weighted by Crippen LogP contribution is 2.50. The van der Waals surface area contributed by atoms with Crippen LogP contribution in [-0.2, 0) is 0 Å². The lowest BCUT2D eigenvalue weighted by atomic mass is 10.0. The van der Waals surface area contributed by atoms with Gasteiger partial charge in [-0.15, -0.1) is 23.1 Å². The predicted octanol–water partition coefficient (Wildman–Crippen LogP) is 3.40. The first-order valence-corrected chi connectivity index (χ1v) is 9.03. The van der Waals surface area contributed by atoms with Gasteiger partial charge in [0.25, 0.3) is 5.91 Å². The van der Waals surface area contributed by atoms with E-state index >= 15 is 0 Å². The molecule has 1 fully saturated rings. The van der Waals surface area contributed by atoms with Gasteiger partial charge in [-0.3, -0.25) is 4.79 Å². The fourth-order valence-electron chi connectivity index (χ4n) is 2.52. The van der Waals surface area contributed by atoms with E-state index in [4.69, 9.17) is 5.73 Å². The number of nitrogens with one attached hydrogen (secondary N) is 2. The van der Waals surface area contributed by atoms with Crippen molar-refractivity contribution in [3.05, 3.63) is 4.88 Å². The van der Waals surface area contributed by atoms with Crippen LogP contribution in [0.3, 0.4) is 0 Å². The maximum Gasteiger partial charge on any atom is 0.263 e. The second kappa shape index (κ2) is 6.26. The van der Waals surface area contributed by atoms with Crippen LogP contribution in [0.4, 0.5) is 10.7 Å². The van der Waals surface area contributed by atoms with Gasteiger partial charge in [0, 0.05) is 13.6 Å². The Balaban J connectivity index is 2.13. The first-order valence-electron chi connectivity index (χ1n) is 6.99. The van der Waals surface area contributed by atoms with Gasteiger partial charge in [-0.1, -0.05) is 13.3 Å². The molecule has 20 heavy (non-hydrogen) atoms. The van der Waals surface area contributed by atoms with E-state index < -0.39 is 0 Å². The molecule has 1 aliphatic carbocycles. The number of nitrogen functional groups attached to an aromatic ring is 1. The summed E-state index contributed by atoms with van der Waals surface area (Å²) in [5.74, 6) is -0.106. The number of amides is 1. The largest absolute Gasteiger partial charge is 0.396 e. The van der Waals surface area contributed by atoms with Gasteiger partial charge in [-0.2, -0.15) is 0 Å². The van der Waals surface area contributed by atoms with E-state index in [9.17, 15) is 4.79 Å². The quantitative estimate of drug-likeness (QED) is 0.675. The summed E-state index contributed by atoms with van der Waals surface area (Å²) in [6.45, 7) is 3.22. The third-order valence-corrected chi connectivity index (χ3v) is 6.02.